The van der Waals surface area contributed by atoms with Gasteiger partial charge in [0.15, 0.2) is 0 Å². The molecule has 5 heteroatoms. The Morgan fingerprint density at radius 1 is 1.38 bits per heavy atom. The lowest BCUT2D eigenvalue weighted by molar-refractivity contribution is 0.104. The summed E-state index contributed by atoms with van der Waals surface area (Å²) in [5.41, 5.74) is 0.384. The minimum atomic E-state index is -0.525. The molecular formula is C11H5BrClFOS. The third-order valence-electron chi connectivity index (χ3n) is 2.01. The Hall–Kier alpha value is -0.710. The molecule has 0 aliphatic heterocycles. The Bertz CT molecular complexity index is 553. The predicted molar refractivity (Wildman–Crippen MR) is 66.9 cm³/mol. The molecule has 16 heavy (non-hydrogen) atoms. The SMILES string of the molecule is O=C(c1ccc(F)c(Cl)c1)c1sccc1Br. The van der Waals surface area contributed by atoms with E-state index in [1.165, 1.54) is 29.5 Å². The van der Waals surface area contributed by atoms with E-state index in [2.05, 4.69) is 15.9 Å². The number of benzene rings is 1. The van der Waals surface area contributed by atoms with Gasteiger partial charge in [-0.2, -0.15) is 0 Å². The lowest BCUT2D eigenvalue weighted by Gasteiger charge is -2.00. The molecule has 0 aliphatic rings. The first kappa shape index (κ1) is 11.8. The molecule has 0 spiro atoms. The van der Waals surface area contributed by atoms with Gasteiger partial charge in [0.2, 0.25) is 5.78 Å². The van der Waals surface area contributed by atoms with Gasteiger partial charge in [0.25, 0.3) is 0 Å². The molecule has 0 bridgehead atoms. The number of thiophene rings is 1. The van der Waals surface area contributed by atoms with Gasteiger partial charge in [0, 0.05) is 10.0 Å². The third-order valence-corrected chi connectivity index (χ3v) is 4.13. The minimum absolute atomic E-state index is 0.0430. The lowest BCUT2D eigenvalue weighted by Crippen LogP contribution is -1.99. The first-order valence-corrected chi connectivity index (χ1v) is 6.37. The molecule has 0 saturated heterocycles. The summed E-state index contributed by atoms with van der Waals surface area (Å²) in [6, 6.07) is 5.75. The van der Waals surface area contributed by atoms with Gasteiger partial charge in [-0.1, -0.05) is 11.6 Å². The Morgan fingerprint density at radius 2 is 2.12 bits per heavy atom. The highest BCUT2D eigenvalue weighted by molar-refractivity contribution is 9.10. The van der Waals surface area contributed by atoms with Crippen molar-refractivity contribution in [3.63, 3.8) is 0 Å². The maximum Gasteiger partial charge on any atom is 0.204 e. The van der Waals surface area contributed by atoms with Crippen molar-refractivity contribution in [2.45, 2.75) is 0 Å². The molecule has 0 atom stereocenters. The van der Waals surface area contributed by atoms with Gasteiger partial charge >= 0.3 is 0 Å². The average molecular weight is 320 g/mol. The van der Waals surface area contributed by atoms with Crippen LogP contribution < -0.4 is 0 Å². The first-order chi connectivity index (χ1) is 7.59. The second-order valence-electron chi connectivity index (χ2n) is 3.06. The summed E-state index contributed by atoms with van der Waals surface area (Å²) >= 11 is 10.2. The molecule has 0 aliphatic carbocycles. The second-order valence-corrected chi connectivity index (χ2v) is 5.23. The van der Waals surface area contributed by atoms with Crippen LogP contribution >= 0.6 is 38.9 Å². The molecule has 0 amide bonds. The van der Waals surface area contributed by atoms with E-state index >= 15 is 0 Å². The minimum Gasteiger partial charge on any atom is -0.288 e. The van der Waals surface area contributed by atoms with Crippen molar-refractivity contribution in [3.05, 3.63) is 55.4 Å². The van der Waals surface area contributed by atoms with Gasteiger partial charge in [-0.05, 0) is 45.6 Å². The Labute approximate surface area is 109 Å². The normalized spacial score (nSPS) is 10.4. The number of halogens is 3. The van der Waals surface area contributed by atoms with Crippen LogP contribution in [0.2, 0.25) is 5.02 Å². The van der Waals surface area contributed by atoms with E-state index in [4.69, 9.17) is 11.6 Å². The van der Waals surface area contributed by atoms with Crippen LogP contribution in [0.25, 0.3) is 0 Å². The van der Waals surface area contributed by atoms with Gasteiger partial charge in [-0.3, -0.25) is 4.79 Å². The van der Waals surface area contributed by atoms with Crippen LogP contribution in [0, 0.1) is 5.82 Å². The monoisotopic (exact) mass is 318 g/mol. The molecule has 1 nitrogen and oxygen atoms in total. The van der Waals surface area contributed by atoms with Crippen molar-refractivity contribution < 1.29 is 9.18 Å². The Kier molecular flexibility index (Phi) is 3.42. The third kappa shape index (κ3) is 2.19. The summed E-state index contributed by atoms with van der Waals surface area (Å²) < 4.78 is 13.7. The zero-order valence-electron chi connectivity index (χ0n) is 7.84. The smallest absolute Gasteiger partial charge is 0.204 e. The number of hydrogen-bond acceptors (Lipinski definition) is 2. The maximum atomic E-state index is 12.9. The molecule has 0 saturated carbocycles. The van der Waals surface area contributed by atoms with Crippen molar-refractivity contribution >= 4 is 44.7 Å². The van der Waals surface area contributed by atoms with Crippen molar-refractivity contribution in [1.29, 1.82) is 0 Å². The predicted octanol–water partition coefficient (Wildman–Crippen LogP) is 4.53. The van der Waals surface area contributed by atoms with E-state index in [1.54, 1.807) is 6.07 Å². The zero-order chi connectivity index (χ0) is 11.7. The fourth-order valence-corrected chi connectivity index (χ4v) is 2.92. The van der Waals surface area contributed by atoms with Crippen LogP contribution in [-0.4, -0.2) is 5.78 Å². The number of hydrogen-bond donors (Lipinski definition) is 0. The number of carbonyl (C=O) groups excluding carboxylic acids is 1. The molecule has 2 aromatic rings. The highest BCUT2D eigenvalue weighted by Gasteiger charge is 2.15. The van der Waals surface area contributed by atoms with Crippen molar-refractivity contribution in [2.24, 2.45) is 0 Å². The largest absolute Gasteiger partial charge is 0.288 e. The molecule has 82 valence electrons. The van der Waals surface area contributed by atoms with Gasteiger partial charge < -0.3 is 0 Å². The van der Waals surface area contributed by atoms with Crippen LogP contribution in [0.5, 0.6) is 0 Å². The van der Waals surface area contributed by atoms with Crippen LogP contribution in [0.3, 0.4) is 0 Å². The highest BCUT2D eigenvalue weighted by atomic mass is 79.9. The number of rotatable bonds is 2. The summed E-state index contributed by atoms with van der Waals surface area (Å²) in [5, 5.41) is 1.76. The average Bonchev–Trinajstić information content (AvgIpc) is 2.67. The standard InChI is InChI=1S/C11H5BrClFOS/c12-7-3-4-16-11(7)10(15)6-1-2-9(14)8(13)5-6/h1-5H. The van der Waals surface area contributed by atoms with E-state index in [0.717, 1.165) is 4.47 Å². The van der Waals surface area contributed by atoms with E-state index in [-0.39, 0.29) is 10.8 Å². The fraction of sp³-hybridized carbons (Fsp3) is 0. The molecular weight excluding hydrogens is 315 g/mol. The summed E-state index contributed by atoms with van der Waals surface area (Å²) in [6.45, 7) is 0. The molecule has 0 N–H and O–H groups in total. The van der Waals surface area contributed by atoms with Crippen molar-refractivity contribution in [3.8, 4) is 0 Å². The number of carbonyl (C=O) groups is 1. The molecule has 1 aromatic carbocycles. The lowest BCUT2D eigenvalue weighted by atomic mass is 10.1. The van der Waals surface area contributed by atoms with Crippen LogP contribution in [-0.2, 0) is 0 Å². The Morgan fingerprint density at radius 3 is 2.69 bits per heavy atom. The number of ketones is 1. The van der Waals surface area contributed by atoms with E-state index in [0.29, 0.717) is 10.4 Å². The molecule has 2 rings (SSSR count). The van der Waals surface area contributed by atoms with Gasteiger partial charge in [0.1, 0.15) is 5.82 Å². The van der Waals surface area contributed by atoms with E-state index < -0.39 is 5.82 Å². The molecule has 1 aromatic heterocycles. The van der Waals surface area contributed by atoms with Gasteiger partial charge in [-0.25, -0.2) is 4.39 Å². The van der Waals surface area contributed by atoms with Crippen LogP contribution in [0.1, 0.15) is 15.2 Å². The maximum absolute atomic E-state index is 12.9. The summed E-state index contributed by atoms with van der Waals surface area (Å²) in [4.78, 5) is 12.6. The second kappa shape index (κ2) is 4.65. The molecule has 1 heterocycles. The summed E-state index contributed by atoms with van der Waals surface area (Å²) in [7, 11) is 0. The van der Waals surface area contributed by atoms with E-state index in [9.17, 15) is 9.18 Å². The van der Waals surface area contributed by atoms with Gasteiger partial charge in [-0.15, -0.1) is 11.3 Å². The highest BCUT2D eigenvalue weighted by Crippen LogP contribution is 2.26. The molecule has 0 unspecified atom stereocenters. The summed E-state index contributed by atoms with van der Waals surface area (Å²) in [6.07, 6.45) is 0. The van der Waals surface area contributed by atoms with Crippen LogP contribution in [0.15, 0.2) is 34.1 Å². The molecule has 0 radical (unpaired) electrons. The first-order valence-electron chi connectivity index (χ1n) is 4.32. The topological polar surface area (TPSA) is 17.1 Å². The molecule has 0 fully saturated rings. The van der Waals surface area contributed by atoms with Crippen LogP contribution in [0.4, 0.5) is 4.39 Å². The van der Waals surface area contributed by atoms with E-state index in [1.807, 2.05) is 5.38 Å². The van der Waals surface area contributed by atoms with Crippen molar-refractivity contribution in [1.82, 2.24) is 0 Å². The fourth-order valence-electron chi connectivity index (χ4n) is 1.22. The van der Waals surface area contributed by atoms with Gasteiger partial charge in [0.05, 0.1) is 9.90 Å². The summed E-state index contributed by atoms with van der Waals surface area (Å²) in [5.74, 6) is -0.688. The van der Waals surface area contributed by atoms with Crippen molar-refractivity contribution in [2.75, 3.05) is 0 Å². The zero-order valence-corrected chi connectivity index (χ0v) is 11.0. The Balaban J connectivity index is 2.42. The quantitative estimate of drug-likeness (QED) is 0.743.